The van der Waals surface area contributed by atoms with Gasteiger partial charge in [0.05, 0.1) is 0 Å². The molecule has 0 bridgehead atoms. The molecule has 0 saturated carbocycles. The van der Waals surface area contributed by atoms with Crippen LogP contribution in [0, 0.1) is 13.8 Å². The van der Waals surface area contributed by atoms with Gasteiger partial charge in [0.2, 0.25) is 0 Å². The summed E-state index contributed by atoms with van der Waals surface area (Å²) >= 11 is 0. The Hall–Kier alpha value is -3.68. The number of nitrogens with zero attached hydrogens (tertiary/aromatic N) is 4. The number of hydrogen-bond acceptors (Lipinski definition) is 5. The van der Waals surface area contributed by atoms with Gasteiger partial charge >= 0.3 is 6.03 Å². The molecule has 0 spiro atoms. The summed E-state index contributed by atoms with van der Waals surface area (Å²) < 4.78 is 5.39. The maximum atomic E-state index is 12.5. The van der Waals surface area contributed by atoms with Gasteiger partial charge in [0.1, 0.15) is 0 Å². The van der Waals surface area contributed by atoms with Gasteiger partial charge < -0.3 is 19.6 Å². The lowest BCUT2D eigenvalue weighted by atomic mass is 10.1. The van der Waals surface area contributed by atoms with E-state index in [0.717, 1.165) is 48.3 Å². The van der Waals surface area contributed by atoms with Crippen molar-refractivity contribution in [3.05, 3.63) is 65.0 Å². The molecular formula is C25H29N5O3. The standard InChI is InChI=1S/C25H29N5O3/c1-17-6-11-21(18(2)16-17)26-25(32)29(3)15-12-22-27-23(33-28-22)19-7-9-20(10-8-19)24(31)30-13-4-5-14-30/h6-11,16H,4-5,12-15H2,1-3H3,(H,26,32). The average molecular weight is 448 g/mol. The zero-order valence-corrected chi connectivity index (χ0v) is 19.3. The van der Waals surface area contributed by atoms with E-state index in [-0.39, 0.29) is 11.9 Å². The number of amides is 3. The molecule has 1 N–H and O–H groups in total. The van der Waals surface area contributed by atoms with Crippen molar-refractivity contribution in [2.24, 2.45) is 0 Å². The average Bonchev–Trinajstić information content (AvgIpc) is 3.51. The summed E-state index contributed by atoms with van der Waals surface area (Å²) in [5.74, 6) is 0.980. The van der Waals surface area contributed by atoms with Crippen molar-refractivity contribution in [3.8, 4) is 11.5 Å². The van der Waals surface area contributed by atoms with Crippen molar-refractivity contribution in [3.63, 3.8) is 0 Å². The van der Waals surface area contributed by atoms with Gasteiger partial charge in [-0.3, -0.25) is 4.79 Å². The third-order valence-electron chi connectivity index (χ3n) is 5.88. The second-order valence-electron chi connectivity index (χ2n) is 8.51. The van der Waals surface area contributed by atoms with Gasteiger partial charge in [-0.1, -0.05) is 22.9 Å². The van der Waals surface area contributed by atoms with Gasteiger partial charge in [-0.05, 0) is 62.6 Å². The van der Waals surface area contributed by atoms with Gasteiger partial charge in [-0.15, -0.1) is 0 Å². The van der Waals surface area contributed by atoms with Crippen LogP contribution in [0.1, 0.15) is 40.2 Å². The molecule has 1 aliphatic heterocycles. The highest BCUT2D eigenvalue weighted by molar-refractivity contribution is 5.94. The van der Waals surface area contributed by atoms with E-state index < -0.39 is 0 Å². The number of carbonyl (C=O) groups is 2. The van der Waals surface area contributed by atoms with Crippen LogP contribution in [0.3, 0.4) is 0 Å². The second-order valence-corrected chi connectivity index (χ2v) is 8.51. The van der Waals surface area contributed by atoms with E-state index in [1.165, 1.54) is 0 Å². The van der Waals surface area contributed by atoms with Crippen LogP contribution in [0.25, 0.3) is 11.5 Å². The largest absolute Gasteiger partial charge is 0.339 e. The summed E-state index contributed by atoms with van der Waals surface area (Å²) in [5.41, 5.74) is 4.39. The third kappa shape index (κ3) is 5.39. The molecule has 1 saturated heterocycles. The van der Waals surface area contributed by atoms with E-state index in [9.17, 15) is 9.59 Å². The summed E-state index contributed by atoms with van der Waals surface area (Å²) in [4.78, 5) is 32.9. The van der Waals surface area contributed by atoms with Crippen LogP contribution < -0.4 is 5.32 Å². The molecule has 1 aliphatic rings. The van der Waals surface area contributed by atoms with E-state index in [4.69, 9.17) is 4.52 Å². The lowest BCUT2D eigenvalue weighted by molar-refractivity contribution is 0.0793. The number of aryl methyl sites for hydroxylation is 2. The minimum atomic E-state index is -0.191. The lowest BCUT2D eigenvalue weighted by Crippen LogP contribution is -2.33. The molecule has 8 nitrogen and oxygen atoms in total. The summed E-state index contributed by atoms with van der Waals surface area (Å²) in [5, 5.41) is 6.96. The maximum Gasteiger partial charge on any atom is 0.321 e. The fourth-order valence-electron chi connectivity index (χ4n) is 3.86. The van der Waals surface area contributed by atoms with E-state index in [2.05, 4.69) is 15.5 Å². The number of rotatable bonds is 6. The van der Waals surface area contributed by atoms with Crippen LogP contribution in [0.15, 0.2) is 47.0 Å². The number of nitrogens with one attached hydrogen (secondary N) is 1. The fraction of sp³-hybridized carbons (Fsp3) is 0.360. The normalized spacial score (nSPS) is 13.2. The van der Waals surface area contributed by atoms with Gasteiger partial charge in [-0.25, -0.2) is 4.79 Å². The molecule has 0 unspecified atom stereocenters. The third-order valence-corrected chi connectivity index (χ3v) is 5.88. The van der Waals surface area contributed by atoms with Gasteiger partial charge in [-0.2, -0.15) is 4.98 Å². The molecule has 2 aromatic carbocycles. The molecule has 33 heavy (non-hydrogen) atoms. The van der Waals surface area contributed by atoms with Crippen LogP contribution >= 0.6 is 0 Å². The molecule has 172 valence electrons. The van der Waals surface area contributed by atoms with E-state index in [1.54, 1.807) is 24.1 Å². The first kappa shape index (κ1) is 22.5. The number of benzene rings is 2. The van der Waals surface area contributed by atoms with Crippen molar-refractivity contribution < 1.29 is 14.1 Å². The zero-order valence-electron chi connectivity index (χ0n) is 19.3. The Morgan fingerprint density at radius 3 is 2.52 bits per heavy atom. The van der Waals surface area contributed by atoms with Crippen LogP contribution in [-0.4, -0.2) is 58.6 Å². The van der Waals surface area contributed by atoms with Gasteiger partial charge in [0.25, 0.3) is 11.8 Å². The van der Waals surface area contributed by atoms with E-state index >= 15 is 0 Å². The molecule has 3 aromatic rings. The van der Waals surface area contributed by atoms with Crippen LogP contribution in [0.4, 0.5) is 10.5 Å². The Bertz CT molecular complexity index is 1130. The molecule has 1 aromatic heterocycles. The molecule has 0 radical (unpaired) electrons. The van der Waals surface area contributed by atoms with Crippen molar-refractivity contribution >= 4 is 17.6 Å². The van der Waals surface area contributed by atoms with Crippen molar-refractivity contribution in [2.45, 2.75) is 33.1 Å². The number of aromatic nitrogens is 2. The van der Waals surface area contributed by atoms with Crippen LogP contribution in [-0.2, 0) is 6.42 Å². The molecule has 3 amide bonds. The predicted octanol–water partition coefficient (Wildman–Crippen LogP) is 4.30. The summed E-state index contributed by atoms with van der Waals surface area (Å²) in [6.07, 6.45) is 2.60. The quantitative estimate of drug-likeness (QED) is 0.608. The Kier molecular flexibility index (Phi) is 6.72. The summed E-state index contributed by atoms with van der Waals surface area (Å²) in [7, 11) is 1.73. The Morgan fingerprint density at radius 2 is 1.82 bits per heavy atom. The van der Waals surface area contributed by atoms with Crippen molar-refractivity contribution in [2.75, 3.05) is 32.0 Å². The lowest BCUT2D eigenvalue weighted by Gasteiger charge is -2.18. The molecule has 2 heterocycles. The second kappa shape index (κ2) is 9.85. The SMILES string of the molecule is Cc1ccc(NC(=O)N(C)CCc2noc(-c3ccc(C(=O)N4CCCC4)cc3)n2)c(C)c1. The number of urea groups is 1. The topological polar surface area (TPSA) is 91.6 Å². The zero-order chi connectivity index (χ0) is 23.4. The Labute approximate surface area is 193 Å². The highest BCUT2D eigenvalue weighted by Gasteiger charge is 2.20. The minimum Gasteiger partial charge on any atom is -0.339 e. The molecule has 8 heteroatoms. The van der Waals surface area contributed by atoms with Gasteiger partial charge in [0, 0.05) is 49.9 Å². The first-order valence-electron chi connectivity index (χ1n) is 11.2. The molecule has 4 rings (SSSR count). The maximum absolute atomic E-state index is 12.5. The number of carbonyl (C=O) groups excluding carboxylic acids is 2. The first-order valence-corrected chi connectivity index (χ1v) is 11.2. The molecular weight excluding hydrogens is 418 g/mol. The highest BCUT2D eigenvalue weighted by atomic mass is 16.5. The predicted molar refractivity (Wildman–Crippen MR) is 126 cm³/mol. The number of likely N-dealkylation sites (N-methyl/N-ethyl adjacent to an activating group) is 1. The number of likely N-dealkylation sites (tertiary alicyclic amines) is 1. The fourth-order valence-corrected chi connectivity index (χ4v) is 3.86. The first-order chi connectivity index (χ1) is 15.9. The number of anilines is 1. The highest BCUT2D eigenvalue weighted by Crippen LogP contribution is 2.20. The smallest absolute Gasteiger partial charge is 0.321 e. The minimum absolute atomic E-state index is 0.0624. The van der Waals surface area contributed by atoms with Crippen molar-refractivity contribution in [1.29, 1.82) is 0 Å². The summed E-state index contributed by atoms with van der Waals surface area (Å²) in [6.45, 7) is 6.08. The van der Waals surface area contributed by atoms with Crippen LogP contribution in [0.2, 0.25) is 0 Å². The molecule has 1 fully saturated rings. The van der Waals surface area contributed by atoms with E-state index in [1.807, 2.05) is 49.1 Å². The monoisotopic (exact) mass is 447 g/mol. The Morgan fingerprint density at radius 1 is 1.09 bits per heavy atom. The molecule has 0 atom stereocenters. The number of hydrogen-bond donors (Lipinski definition) is 1. The summed E-state index contributed by atoms with van der Waals surface area (Å²) in [6, 6.07) is 13.0. The Balaban J connectivity index is 1.32. The molecule has 0 aliphatic carbocycles. The van der Waals surface area contributed by atoms with Gasteiger partial charge in [0.15, 0.2) is 5.82 Å². The van der Waals surface area contributed by atoms with Crippen molar-refractivity contribution in [1.82, 2.24) is 19.9 Å². The van der Waals surface area contributed by atoms with E-state index in [0.29, 0.717) is 30.2 Å². The van der Waals surface area contributed by atoms with Crippen LogP contribution in [0.5, 0.6) is 0 Å².